The Kier molecular flexibility index (Phi) is 1.82. The van der Waals surface area contributed by atoms with Crippen molar-refractivity contribution < 1.29 is 0 Å². The molecule has 1 aliphatic rings. The first-order valence-corrected chi connectivity index (χ1v) is 3.45. The molecule has 1 saturated heterocycles. The second-order valence-electron chi connectivity index (χ2n) is 2.69. The molecule has 50 valence electrons. The Morgan fingerprint density at radius 2 is 2.44 bits per heavy atom. The Hall–Kier alpha value is -0.0151. The van der Waals surface area contributed by atoms with Gasteiger partial charge in [-0.2, -0.15) is 0 Å². The Morgan fingerprint density at radius 3 is 2.78 bits per heavy atom. The summed E-state index contributed by atoms with van der Waals surface area (Å²) < 4.78 is 0. The SMILES string of the molecule is [B]CN[C@@]1(C)NC1CC. The lowest BCUT2D eigenvalue weighted by Crippen LogP contribution is -2.34. The largest absolute Gasteiger partial charge is 0.307 e. The molecule has 0 amide bonds. The minimum Gasteiger partial charge on any atom is -0.307 e. The van der Waals surface area contributed by atoms with E-state index in [9.17, 15) is 0 Å². The van der Waals surface area contributed by atoms with Crippen molar-refractivity contribution in [3.05, 3.63) is 0 Å². The molecule has 2 nitrogen and oxygen atoms in total. The predicted octanol–water partition coefficient (Wildman–Crippen LogP) is -0.200. The highest BCUT2D eigenvalue weighted by molar-refractivity contribution is 6.08. The first-order chi connectivity index (χ1) is 4.23. The standard InChI is InChI=1S/C6H13BN2/c1-3-5-6(2,9-5)8-4-7/h5,8-9H,3-4H2,1-2H3/t5?,6-/m0/s1. The molecule has 2 atom stereocenters. The van der Waals surface area contributed by atoms with Gasteiger partial charge in [0.1, 0.15) is 0 Å². The third-order valence-corrected chi connectivity index (χ3v) is 1.97. The van der Waals surface area contributed by atoms with Gasteiger partial charge in [0.15, 0.2) is 0 Å². The molecular formula is C6H13BN2. The molecular weight excluding hydrogens is 111 g/mol. The van der Waals surface area contributed by atoms with Gasteiger partial charge in [0.25, 0.3) is 0 Å². The third kappa shape index (κ3) is 1.27. The summed E-state index contributed by atoms with van der Waals surface area (Å²) in [6.45, 7) is 4.30. The molecule has 0 bridgehead atoms. The van der Waals surface area contributed by atoms with Crippen LogP contribution in [0, 0.1) is 0 Å². The lowest BCUT2D eigenvalue weighted by Gasteiger charge is -2.07. The average Bonchev–Trinajstić information content (AvgIpc) is 2.43. The first-order valence-electron chi connectivity index (χ1n) is 3.45. The summed E-state index contributed by atoms with van der Waals surface area (Å²) >= 11 is 0. The summed E-state index contributed by atoms with van der Waals surface area (Å²) in [7, 11) is 5.32. The van der Waals surface area contributed by atoms with Gasteiger partial charge in [-0.1, -0.05) is 6.92 Å². The van der Waals surface area contributed by atoms with E-state index >= 15 is 0 Å². The highest BCUT2D eigenvalue weighted by Crippen LogP contribution is 2.24. The number of rotatable bonds is 3. The van der Waals surface area contributed by atoms with Crippen molar-refractivity contribution >= 4 is 7.85 Å². The second-order valence-corrected chi connectivity index (χ2v) is 2.69. The zero-order valence-corrected chi connectivity index (χ0v) is 6.07. The Labute approximate surface area is 57.8 Å². The van der Waals surface area contributed by atoms with Crippen LogP contribution in [0.1, 0.15) is 20.3 Å². The Morgan fingerprint density at radius 1 is 1.78 bits per heavy atom. The molecule has 1 heterocycles. The molecule has 1 aliphatic heterocycles. The van der Waals surface area contributed by atoms with Crippen molar-refractivity contribution in [2.75, 3.05) is 6.44 Å². The van der Waals surface area contributed by atoms with Gasteiger partial charge in [0.2, 0.25) is 0 Å². The predicted molar refractivity (Wildman–Crippen MR) is 39.4 cm³/mol. The average molecular weight is 124 g/mol. The van der Waals surface area contributed by atoms with Crippen LogP contribution in [0.5, 0.6) is 0 Å². The smallest absolute Gasteiger partial charge is 0.0860 e. The van der Waals surface area contributed by atoms with Crippen LogP contribution in [0.3, 0.4) is 0 Å². The fourth-order valence-electron chi connectivity index (χ4n) is 1.22. The van der Waals surface area contributed by atoms with Gasteiger partial charge in [-0.25, -0.2) is 0 Å². The molecule has 1 unspecified atom stereocenters. The summed E-state index contributed by atoms with van der Waals surface area (Å²) in [4.78, 5) is 0. The summed E-state index contributed by atoms with van der Waals surface area (Å²) in [5.41, 5.74) is 0.142. The van der Waals surface area contributed by atoms with E-state index < -0.39 is 0 Å². The third-order valence-electron chi connectivity index (χ3n) is 1.97. The van der Waals surface area contributed by atoms with Crippen molar-refractivity contribution in [2.24, 2.45) is 0 Å². The first kappa shape index (κ1) is 7.10. The van der Waals surface area contributed by atoms with E-state index in [1.54, 1.807) is 0 Å². The fraction of sp³-hybridized carbons (Fsp3) is 1.00. The summed E-state index contributed by atoms with van der Waals surface area (Å²) in [6.07, 6.45) is 1.73. The normalized spacial score (nSPS) is 40.9. The molecule has 0 aromatic carbocycles. The van der Waals surface area contributed by atoms with E-state index in [2.05, 4.69) is 24.5 Å². The van der Waals surface area contributed by atoms with E-state index in [0.29, 0.717) is 12.5 Å². The van der Waals surface area contributed by atoms with Crippen LogP contribution >= 0.6 is 0 Å². The van der Waals surface area contributed by atoms with Gasteiger partial charge in [-0.15, -0.1) is 0 Å². The van der Waals surface area contributed by atoms with Crippen molar-refractivity contribution in [1.29, 1.82) is 0 Å². The van der Waals surface area contributed by atoms with E-state index in [0.717, 1.165) is 0 Å². The Balaban J connectivity index is 2.25. The van der Waals surface area contributed by atoms with Crippen LogP contribution in [0.15, 0.2) is 0 Å². The van der Waals surface area contributed by atoms with Gasteiger partial charge in [0.05, 0.1) is 13.5 Å². The quantitative estimate of drug-likeness (QED) is 0.403. The van der Waals surface area contributed by atoms with Gasteiger partial charge >= 0.3 is 0 Å². The fourth-order valence-corrected chi connectivity index (χ4v) is 1.22. The highest BCUT2D eigenvalue weighted by Gasteiger charge is 2.46. The summed E-state index contributed by atoms with van der Waals surface area (Å²) in [5.74, 6) is 0. The lowest BCUT2D eigenvalue weighted by atomic mass is 10.1. The molecule has 0 aromatic rings. The van der Waals surface area contributed by atoms with Crippen molar-refractivity contribution in [2.45, 2.75) is 32.0 Å². The molecule has 0 aliphatic carbocycles. The second kappa shape index (κ2) is 2.31. The van der Waals surface area contributed by atoms with Crippen LogP contribution < -0.4 is 10.6 Å². The maximum atomic E-state index is 5.32. The minimum atomic E-state index is 0.142. The summed E-state index contributed by atoms with van der Waals surface area (Å²) in [5, 5.41) is 6.47. The van der Waals surface area contributed by atoms with E-state index in [-0.39, 0.29) is 5.66 Å². The van der Waals surface area contributed by atoms with Gasteiger partial charge in [-0.3, -0.25) is 5.32 Å². The van der Waals surface area contributed by atoms with E-state index in [4.69, 9.17) is 7.85 Å². The van der Waals surface area contributed by atoms with Crippen LogP contribution in [0.25, 0.3) is 0 Å². The van der Waals surface area contributed by atoms with Gasteiger partial charge in [-0.05, 0) is 19.8 Å². The molecule has 1 fully saturated rings. The highest BCUT2D eigenvalue weighted by atomic mass is 15.4. The molecule has 0 saturated carbocycles. The monoisotopic (exact) mass is 124 g/mol. The molecule has 1 rings (SSSR count). The zero-order valence-electron chi connectivity index (χ0n) is 6.07. The summed E-state index contributed by atoms with van der Waals surface area (Å²) in [6, 6.07) is 0.626. The van der Waals surface area contributed by atoms with Crippen LogP contribution in [-0.4, -0.2) is 26.0 Å². The van der Waals surface area contributed by atoms with Gasteiger partial charge in [0, 0.05) is 6.04 Å². The molecule has 9 heavy (non-hydrogen) atoms. The van der Waals surface area contributed by atoms with Crippen LogP contribution in [-0.2, 0) is 0 Å². The zero-order chi connectivity index (χ0) is 6.91. The number of hydrogen-bond acceptors (Lipinski definition) is 2. The molecule has 0 spiro atoms. The Bertz CT molecular complexity index is 107. The van der Waals surface area contributed by atoms with E-state index in [1.807, 2.05) is 0 Å². The molecule has 3 heteroatoms. The molecule has 0 aromatic heterocycles. The van der Waals surface area contributed by atoms with Crippen molar-refractivity contribution in [1.82, 2.24) is 10.6 Å². The lowest BCUT2D eigenvalue weighted by molar-refractivity contribution is 0.549. The molecule has 2 N–H and O–H groups in total. The van der Waals surface area contributed by atoms with Gasteiger partial charge < -0.3 is 5.32 Å². The number of nitrogens with one attached hydrogen (secondary N) is 2. The maximum Gasteiger partial charge on any atom is 0.0860 e. The number of hydrogen-bond donors (Lipinski definition) is 2. The maximum absolute atomic E-state index is 5.32. The van der Waals surface area contributed by atoms with E-state index in [1.165, 1.54) is 6.42 Å². The molecule has 2 radical (unpaired) electrons. The van der Waals surface area contributed by atoms with Crippen molar-refractivity contribution in [3.8, 4) is 0 Å². The topological polar surface area (TPSA) is 34.0 Å². The minimum absolute atomic E-state index is 0.142. The van der Waals surface area contributed by atoms with Crippen molar-refractivity contribution in [3.63, 3.8) is 0 Å². The van der Waals surface area contributed by atoms with Crippen LogP contribution in [0.4, 0.5) is 0 Å². The van der Waals surface area contributed by atoms with Crippen LogP contribution in [0.2, 0.25) is 0 Å².